The highest BCUT2D eigenvalue weighted by Crippen LogP contribution is 2.39. The Kier molecular flexibility index (Phi) is 2.95. The van der Waals surface area contributed by atoms with Crippen molar-refractivity contribution in [3.63, 3.8) is 0 Å². The summed E-state index contributed by atoms with van der Waals surface area (Å²) in [5.74, 6) is 0.479. The molecule has 0 unspecified atom stereocenters. The first kappa shape index (κ1) is 11.8. The standard InChI is InChI=1S/C12H20N2OS/c1-7(16)13-9-6-5-8-10(9)15-14-11(8)12(2,3)4/h8-10H,5-6H2,1-4H3,(H,13,16)/t8-,9+,10-/m1/s1. The van der Waals surface area contributed by atoms with Crippen molar-refractivity contribution in [1.82, 2.24) is 5.32 Å². The molecular weight excluding hydrogens is 220 g/mol. The average Bonchev–Trinajstić information content (AvgIpc) is 2.65. The molecule has 4 heteroatoms. The minimum atomic E-state index is 0.112. The van der Waals surface area contributed by atoms with Gasteiger partial charge in [-0.1, -0.05) is 38.1 Å². The SMILES string of the molecule is CC(=S)N[C@H]1CC[C@H]2C(C(C)(C)C)=NO[C@@H]12. The highest BCUT2D eigenvalue weighted by atomic mass is 32.1. The lowest BCUT2D eigenvalue weighted by atomic mass is 9.81. The monoisotopic (exact) mass is 240 g/mol. The summed E-state index contributed by atoms with van der Waals surface area (Å²) in [6.07, 6.45) is 2.46. The number of nitrogens with one attached hydrogen (secondary N) is 1. The molecule has 16 heavy (non-hydrogen) atoms. The fourth-order valence-electron chi connectivity index (χ4n) is 2.70. The Balaban J connectivity index is 2.07. The van der Waals surface area contributed by atoms with Crippen molar-refractivity contribution >= 4 is 22.9 Å². The third-order valence-corrected chi connectivity index (χ3v) is 3.48. The maximum atomic E-state index is 5.60. The van der Waals surface area contributed by atoms with E-state index in [1.165, 1.54) is 5.71 Å². The molecule has 1 aliphatic heterocycles. The number of hydrogen-bond acceptors (Lipinski definition) is 3. The fourth-order valence-corrected chi connectivity index (χ4v) is 2.85. The number of rotatable bonds is 1. The summed E-state index contributed by atoms with van der Waals surface area (Å²) in [4.78, 5) is 6.44. The smallest absolute Gasteiger partial charge is 0.155 e. The number of thiocarbonyl (C=S) groups is 1. The Labute approximate surface area is 103 Å². The van der Waals surface area contributed by atoms with Gasteiger partial charge in [0, 0.05) is 11.3 Å². The predicted octanol–water partition coefficient (Wildman–Crippen LogP) is 2.50. The van der Waals surface area contributed by atoms with E-state index in [1.807, 2.05) is 6.92 Å². The molecular formula is C12H20N2OS. The van der Waals surface area contributed by atoms with Gasteiger partial charge in [0.05, 0.1) is 16.7 Å². The van der Waals surface area contributed by atoms with Gasteiger partial charge < -0.3 is 10.2 Å². The highest BCUT2D eigenvalue weighted by molar-refractivity contribution is 7.80. The second kappa shape index (κ2) is 3.99. The van der Waals surface area contributed by atoms with E-state index in [2.05, 4.69) is 31.2 Å². The van der Waals surface area contributed by atoms with E-state index in [1.54, 1.807) is 0 Å². The molecule has 0 spiro atoms. The molecule has 0 aromatic heterocycles. The van der Waals surface area contributed by atoms with Crippen molar-refractivity contribution in [2.75, 3.05) is 0 Å². The molecule has 3 nitrogen and oxygen atoms in total. The summed E-state index contributed by atoms with van der Waals surface area (Å²) >= 11 is 5.09. The lowest BCUT2D eigenvalue weighted by Gasteiger charge is -2.22. The molecule has 1 aliphatic carbocycles. The number of oxime groups is 1. The Morgan fingerprint density at radius 2 is 2.12 bits per heavy atom. The van der Waals surface area contributed by atoms with Crippen molar-refractivity contribution < 1.29 is 4.84 Å². The molecule has 1 heterocycles. The molecule has 0 aromatic carbocycles. The molecule has 0 amide bonds. The quantitative estimate of drug-likeness (QED) is 0.715. The van der Waals surface area contributed by atoms with Gasteiger partial charge in [-0.05, 0) is 19.8 Å². The van der Waals surface area contributed by atoms with E-state index in [4.69, 9.17) is 17.1 Å². The van der Waals surface area contributed by atoms with E-state index < -0.39 is 0 Å². The van der Waals surface area contributed by atoms with Gasteiger partial charge in [0.1, 0.15) is 0 Å². The minimum absolute atomic E-state index is 0.112. The minimum Gasteiger partial charge on any atom is -0.390 e. The van der Waals surface area contributed by atoms with Crippen molar-refractivity contribution in [3.8, 4) is 0 Å². The maximum absolute atomic E-state index is 5.60. The van der Waals surface area contributed by atoms with Gasteiger partial charge in [-0.15, -0.1) is 0 Å². The summed E-state index contributed by atoms with van der Waals surface area (Å²) in [5, 5.41) is 7.60. The van der Waals surface area contributed by atoms with Crippen LogP contribution < -0.4 is 5.32 Å². The lowest BCUT2D eigenvalue weighted by Crippen LogP contribution is -2.41. The zero-order chi connectivity index (χ0) is 11.9. The third-order valence-electron chi connectivity index (χ3n) is 3.36. The van der Waals surface area contributed by atoms with Gasteiger partial charge in [0.25, 0.3) is 0 Å². The van der Waals surface area contributed by atoms with Crippen LogP contribution in [0.2, 0.25) is 0 Å². The first-order chi connectivity index (χ1) is 7.39. The van der Waals surface area contributed by atoms with Gasteiger partial charge in [-0.25, -0.2) is 0 Å². The average molecular weight is 240 g/mol. The zero-order valence-electron chi connectivity index (χ0n) is 10.4. The Morgan fingerprint density at radius 3 is 2.69 bits per heavy atom. The molecule has 1 saturated carbocycles. The molecule has 0 bridgehead atoms. The molecule has 2 aliphatic rings. The van der Waals surface area contributed by atoms with Crippen LogP contribution in [-0.4, -0.2) is 22.8 Å². The van der Waals surface area contributed by atoms with Gasteiger partial charge in [-0.2, -0.15) is 0 Å². The second-order valence-corrected chi connectivity index (χ2v) is 6.40. The molecule has 0 aromatic rings. The van der Waals surface area contributed by atoms with Crippen LogP contribution >= 0.6 is 12.2 Å². The summed E-state index contributed by atoms with van der Waals surface area (Å²) in [6.45, 7) is 8.51. The van der Waals surface area contributed by atoms with E-state index in [0.29, 0.717) is 12.0 Å². The van der Waals surface area contributed by atoms with Crippen LogP contribution in [0.1, 0.15) is 40.5 Å². The van der Waals surface area contributed by atoms with Gasteiger partial charge in [0.15, 0.2) is 6.10 Å². The zero-order valence-corrected chi connectivity index (χ0v) is 11.2. The molecule has 2 rings (SSSR count). The number of nitrogens with zero attached hydrogens (tertiary/aromatic N) is 1. The maximum Gasteiger partial charge on any atom is 0.155 e. The van der Waals surface area contributed by atoms with Crippen molar-refractivity contribution in [2.24, 2.45) is 16.5 Å². The third kappa shape index (κ3) is 2.08. The summed E-state index contributed by atoms with van der Waals surface area (Å²) in [5.41, 5.74) is 1.32. The van der Waals surface area contributed by atoms with E-state index in [-0.39, 0.29) is 11.5 Å². The van der Waals surface area contributed by atoms with Gasteiger partial charge in [-0.3, -0.25) is 0 Å². The molecule has 90 valence electrons. The fraction of sp³-hybridized carbons (Fsp3) is 0.833. The van der Waals surface area contributed by atoms with E-state index in [0.717, 1.165) is 17.8 Å². The van der Waals surface area contributed by atoms with Crippen LogP contribution in [-0.2, 0) is 4.84 Å². The molecule has 1 fully saturated rings. The first-order valence-electron chi connectivity index (χ1n) is 5.91. The predicted molar refractivity (Wildman–Crippen MR) is 69.7 cm³/mol. The summed E-state index contributed by atoms with van der Waals surface area (Å²) in [6, 6.07) is 0.339. The van der Waals surface area contributed by atoms with Crippen LogP contribution in [0.15, 0.2) is 5.16 Å². The first-order valence-corrected chi connectivity index (χ1v) is 6.31. The molecule has 0 saturated heterocycles. The van der Waals surface area contributed by atoms with E-state index in [9.17, 15) is 0 Å². The van der Waals surface area contributed by atoms with Gasteiger partial charge in [0.2, 0.25) is 0 Å². The molecule has 1 N–H and O–H groups in total. The van der Waals surface area contributed by atoms with E-state index >= 15 is 0 Å². The summed E-state index contributed by atoms with van der Waals surface area (Å²) < 4.78 is 0. The van der Waals surface area contributed by atoms with Crippen LogP contribution in [0.25, 0.3) is 0 Å². The number of hydrogen-bond donors (Lipinski definition) is 1. The lowest BCUT2D eigenvalue weighted by molar-refractivity contribution is 0.0588. The molecule has 0 radical (unpaired) electrons. The van der Waals surface area contributed by atoms with Gasteiger partial charge >= 0.3 is 0 Å². The van der Waals surface area contributed by atoms with Crippen molar-refractivity contribution in [1.29, 1.82) is 0 Å². The van der Waals surface area contributed by atoms with Crippen LogP contribution in [0.4, 0.5) is 0 Å². The van der Waals surface area contributed by atoms with Crippen LogP contribution in [0.3, 0.4) is 0 Å². The Bertz CT molecular complexity index is 332. The Morgan fingerprint density at radius 1 is 1.44 bits per heavy atom. The van der Waals surface area contributed by atoms with Crippen molar-refractivity contribution in [2.45, 2.75) is 52.7 Å². The second-order valence-electron chi connectivity index (χ2n) is 5.79. The largest absolute Gasteiger partial charge is 0.390 e. The van der Waals surface area contributed by atoms with Crippen molar-refractivity contribution in [3.05, 3.63) is 0 Å². The molecule has 3 atom stereocenters. The topological polar surface area (TPSA) is 33.6 Å². The summed E-state index contributed by atoms with van der Waals surface area (Å²) in [7, 11) is 0. The number of fused-ring (bicyclic) bond motifs is 1. The highest BCUT2D eigenvalue weighted by Gasteiger charge is 2.47. The van der Waals surface area contributed by atoms with Crippen LogP contribution in [0, 0.1) is 11.3 Å². The Hall–Kier alpha value is -0.640. The van der Waals surface area contributed by atoms with Crippen LogP contribution in [0.5, 0.6) is 0 Å². The normalized spacial score (nSPS) is 33.0.